The number of nitrogens with zero attached hydrogens (tertiary/aromatic N) is 5. The van der Waals surface area contributed by atoms with Crippen LogP contribution < -0.4 is 10.6 Å². The fourth-order valence-electron chi connectivity index (χ4n) is 4.32. The molecule has 0 aliphatic heterocycles. The van der Waals surface area contributed by atoms with Crippen LogP contribution in [0.2, 0.25) is 0 Å². The van der Waals surface area contributed by atoms with Crippen molar-refractivity contribution >= 4 is 11.8 Å². The van der Waals surface area contributed by atoms with Crippen molar-refractivity contribution in [3.8, 4) is 22.5 Å². The highest BCUT2D eigenvalue weighted by Gasteiger charge is 2.21. The number of imidazole rings is 1. The van der Waals surface area contributed by atoms with E-state index in [1.54, 1.807) is 35.7 Å². The monoisotopic (exact) mass is 502 g/mol. The van der Waals surface area contributed by atoms with Crippen molar-refractivity contribution < 1.29 is 9.59 Å². The van der Waals surface area contributed by atoms with Gasteiger partial charge in [0.2, 0.25) is 5.91 Å². The summed E-state index contributed by atoms with van der Waals surface area (Å²) in [6, 6.07) is 11.6. The molecule has 0 saturated carbocycles. The zero-order chi connectivity index (χ0) is 26.4. The Bertz CT molecular complexity index is 1350. The molecule has 37 heavy (non-hydrogen) atoms. The minimum atomic E-state index is -0.302. The summed E-state index contributed by atoms with van der Waals surface area (Å²) >= 11 is 0. The highest BCUT2D eigenvalue weighted by atomic mass is 16.2. The Morgan fingerprint density at radius 3 is 2.43 bits per heavy atom. The molecule has 0 fully saturated rings. The Labute approximate surface area is 216 Å². The van der Waals surface area contributed by atoms with Crippen molar-refractivity contribution in [3.63, 3.8) is 0 Å². The molecule has 0 spiro atoms. The van der Waals surface area contributed by atoms with E-state index in [-0.39, 0.29) is 17.9 Å². The van der Waals surface area contributed by atoms with Crippen LogP contribution in [-0.4, -0.2) is 48.4 Å². The quantitative estimate of drug-likeness (QED) is 0.270. The number of unbranched alkanes of at least 4 members (excludes halogenated alkanes) is 2. The number of H-pyrrole nitrogens is 1. The lowest BCUT2D eigenvalue weighted by atomic mass is 10.1. The van der Waals surface area contributed by atoms with Gasteiger partial charge in [0, 0.05) is 39.3 Å². The molecule has 10 heteroatoms. The molecule has 3 N–H and O–H groups in total. The normalized spacial score (nSPS) is 11.9. The number of hydrogen-bond donors (Lipinski definition) is 3. The number of rotatable bonds is 11. The third-order valence-corrected chi connectivity index (χ3v) is 6.35. The summed E-state index contributed by atoms with van der Waals surface area (Å²) in [5, 5.41) is 14.5. The Balaban J connectivity index is 1.48. The van der Waals surface area contributed by atoms with Crippen molar-refractivity contribution in [1.82, 2.24) is 40.2 Å². The van der Waals surface area contributed by atoms with Gasteiger partial charge in [-0.05, 0) is 37.5 Å². The van der Waals surface area contributed by atoms with Gasteiger partial charge in [-0.25, -0.2) is 4.98 Å². The van der Waals surface area contributed by atoms with Crippen LogP contribution in [0.3, 0.4) is 0 Å². The van der Waals surface area contributed by atoms with Crippen LogP contribution >= 0.6 is 0 Å². The SMILES string of the molecule is CNC(=O)CCCCCC(NC(=O)c1cc(C)nn1C)c1ncc(-c2ccc(-c3ccn(C)n3)cc2)[nH]1. The first-order valence-electron chi connectivity index (χ1n) is 12.5. The highest BCUT2D eigenvalue weighted by molar-refractivity contribution is 5.92. The van der Waals surface area contributed by atoms with Gasteiger partial charge in [0.05, 0.1) is 29.3 Å². The van der Waals surface area contributed by atoms with Gasteiger partial charge >= 0.3 is 0 Å². The van der Waals surface area contributed by atoms with Crippen LogP contribution in [0.15, 0.2) is 48.8 Å². The van der Waals surface area contributed by atoms with E-state index in [4.69, 9.17) is 0 Å². The number of hydrogen-bond acceptors (Lipinski definition) is 5. The predicted molar refractivity (Wildman–Crippen MR) is 142 cm³/mol. The number of carbonyl (C=O) groups is 2. The number of nitrogens with one attached hydrogen (secondary N) is 3. The molecule has 194 valence electrons. The molecule has 0 radical (unpaired) electrons. The minimum Gasteiger partial charge on any atom is -0.359 e. The van der Waals surface area contributed by atoms with Gasteiger partial charge in [-0.1, -0.05) is 37.1 Å². The zero-order valence-electron chi connectivity index (χ0n) is 21.8. The van der Waals surface area contributed by atoms with E-state index in [9.17, 15) is 9.59 Å². The van der Waals surface area contributed by atoms with Crippen LogP contribution in [0.1, 0.15) is 60.2 Å². The van der Waals surface area contributed by atoms with Gasteiger partial charge < -0.3 is 15.6 Å². The fraction of sp³-hybridized carbons (Fsp3) is 0.370. The van der Waals surface area contributed by atoms with Gasteiger partial charge in [-0.2, -0.15) is 10.2 Å². The maximum absolute atomic E-state index is 13.1. The second kappa shape index (κ2) is 11.7. The minimum absolute atomic E-state index is 0.0428. The van der Waals surface area contributed by atoms with Gasteiger partial charge in [0.25, 0.3) is 5.91 Å². The Kier molecular flexibility index (Phi) is 8.17. The molecule has 0 saturated heterocycles. The van der Waals surface area contributed by atoms with E-state index in [0.29, 0.717) is 24.4 Å². The van der Waals surface area contributed by atoms with Gasteiger partial charge in [0.1, 0.15) is 11.5 Å². The van der Waals surface area contributed by atoms with Crippen molar-refractivity contribution in [3.05, 3.63) is 66.0 Å². The smallest absolute Gasteiger partial charge is 0.270 e. The average molecular weight is 503 g/mol. The lowest BCUT2D eigenvalue weighted by Crippen LogP contribution is -2.30. The molecule has 1 aromatic carbocycles. The molecule has 1 atom stereocenters. The zero-order valence-corrected chi connectivity index (χ0v) is 21.8. The van der Waals surface area contributed by atoms with Gasteiger partial charge in [-0.15, -0.1) is 0 Å². The van der Waals surface area contributed by atoms with E-state index >= 15 is 0 Å². The summed E-state index contributed by atoms with van der Waals surface area (Å²) in [6.45, 7) is 1.86. The molecule has 2 amide bonds. The van der Waals surface area contributed by atoms with Crippen molar-refractivity contribution in [2.75, 3.05) is 7.05 Å². The number of aromatic nitrogens is 6. The lowest BCUT2D eigenvalue weighted by Gasteiger charge is -2.17. The van der Waals surface area contributed by atoms with Crippen LogP contribution in [0.4, 0.5) is 0 Å². The molecule has 4 aromatic rings. The van der Waals surface area contributed by atoms with E-state index in [1.165, 1.54) is 0 Å². The van der Waals surface area contributed by atoms with Crippen molar-refractivity contribution in [1.29, 1.82) is 0 Å². The second-order valence-electron chi connectivity index (χ2n) is 9.23. The Morgan fingerprint density at radius 2 is 1.78 bits per heavy atom. The number of amides is 2. The molecule has 4 rings (SSSR count). The third-order valence-electron chi connectivity index (χ3n) is 6.35. The molecule has 1 unspecified atom stereocenters. The lowest BCUT2D eigenvalue weighted by molar-refractivity contribution is -0.120. The number of aryl methyl sites for hydroxylation is 3. The summed E-state index contributed by atoms with van der Waals surface area (Å²) in [6.07, 6.45) is 7.44. The summed E-state index contributed by atoms with van der Waals surface area (Å²) in [5.74, 6) is 0.541. The Hall–Kier alpha value is -4.21. The molecule has 10 nitrogen and oxygen atoms in total. The molecule has 0 aliphatic carbocycles. The second-order valence-corrected chi connectivity index (χ2v) is 9.23. The van der Waals surface area contributed by atoms with Crippen LogP contribution in [0.5, 0.6) is 0 Å². The van der Waals surface area contributed by atoms with E-state index in [1.807, 2.05) is 50.5 Å². The summed E-state index contributed by atoms with van der Waals surface area (Å²) in [4.78, 5) is 32.6. The summed E-state index contributed by atoms with van der Waals surface area (Å²) in [5.41, 5.74) is 5.11. The predicted octanol–water partition coefficient (Wildman–Crippen LogP) is 3.69. The molecule has 3 aromatic heterocycles. The topological polar surface area (TPSA) is 123 Å². The van der Waals surface area contributed by atoms with Crippen LogP contribution in [0.25, 0.3) is 22.5 Å². The first kappa shape index (κ1) is 25.9. The van der Waals surface area contributed by atoms with Crippen molar-refractivity contribution in [2.45, 2.75) is 45.1 Å². The van der Waals surface area contributed by atoms with E-state index in [2.05, 4.69) is 30.8 Å². The summed E-state index contributed by atoms with van der Waals surface area (Å²) < 4.78 is 3.37. The number of carbonyl (C=O) groups excluding carboxylic acids is 2. The van der Waals surface area contributed by atoms with Gasteiger partial charge in [0.15, 0.2) is 0 Å². The average Bonchev–Trinajstić information content (AvgIpc) is 3.63. The van der Waals surface area contributed by atoms with E-state index in [0.717, 1.165) is 47.5 Å². The maximum atomic E-state index is 13.1. The molecule has 0 bridgehead atoms. The number of aromatic amines is 1. The molecule has 3 heterocycles. The van der Waals surface area contributed by atoms with E-state index < -0.39 is 0 Å². The first-order valence-corrected chi connectivity index (χ1v) is 12.5. The maximum Gasteiger partial charge on any atom is 0.270 e. The largest absolute Gasteiger partial charge is 0.359 e. The van der Waals surface area contributed by atoms with Crippen LogP contribution in [0, 0.1) is 6.92 Å². The van der Waals surface area contributed by atoms with Gasteiger partial charge in [-0.3, -0.25) is 19.0 Å². The molecular weight excluding hydrogens is 468 g/mol. The molecular formula is C27H34N8O2. The third kappa shape index (κ3) is 6.52. The van der Waals surface area contributed by atoms with Crippen LogP contribution in [-0.2, 0) is 18.9 Å². The Morgan fingerprint density at radius 1 is 1.03 bits per heavy atom. The first-order chi connectivity index (χ1) is 17.8. The number of benzene rings is 1. The fourth-order valence-corrected chi connectivity index (χ4v) is 4.32. The molecule has 0 aliphatic rings. The standard InChI is InChI=1S/C27H34N8O2/c1-18-16-24(35(4)32-18)27(37)31-22(8-6-5-7-9-25(36)28-2)26-29-17-23(30-26)20-12-10-19(11-13-20)21-14-15-34(3)33-21/h10-17,22H,5-9H2,1-4H3,(H,28,36)(H,29,30)(H,31,37). The highest BCUT2D eigenvalue weighted by Crippen LogP contribution is 2.25. The van der Waals surface area contributed by atoms with Crippen molar-refractivity contribution in [2.24, 2.45) is 14.1 Å². The summed E-state index contributed by atoms with van der Waals surface area (Å²) in [7, 11) is 5.31.